The highest BCUT2D eigenvalue weighted by Gasteiger charge is 2.25. The predicted octanol–water partition coefficient (Wildman–Crippen LogP) is 2.91. The number of hydrogen-bond donors (Lipinski definition) is 1. The normalized spacial score (nSPS) is 26.6. The van der Waals surface area contributed by atoms with Crippen LogP contribution in [0.2, 0.25) is 0 Å². The van der Waals surface area contributed by atoms with Gasteiger partial charge in [-0.25, -0.2) is 0 Å². The highest BCUT2D eigenvalue weighted by atomic mass is 15.0. The summed E-state index contributed by atoms with van der Waals surface area (Å²) in [6, 6.07) is 7.12. The van der Waals surface area contributed by atoms with Crippen molar-refractivity contribution >= 4 is 5.69 Å². The summed E-state index contributed by atoms with van der Waals surface area (Å²) < 4.78 is 0. The molecule has 1 heteroatoms. The molecule has 1 aliphatic rings. The second kappa shape index (κ2) is 2.51. The van der Waals surface area contributed by atoms with Gasteiger partial charge in [0.15, 0.2) is 0 Å². The molecule has 0 saturated heterocycles. The zero-order chi connectivity index (χ0) is 8.72. The Bertz CT molecular complexity index is 304. The summed E-state index contributed by atoms with van der Waals surface area (Å²) in [7, 11) is 0. The fourth-order valence-electron chi connectivity index (χ4n) is 1.89. The number of benzene rings is 1. The van der Waals surface area contributed by atoms with E-state index in [-0.39, 0.29) is 0 Å². The fraction of sp³-hybridized carbons (Fsp3) is 0.455. The highest BCUT2D eigenvalue weighted by Crippen LogP contribution is 2.37. The first-order chi connectivity index (χ1) is 5.70. The lowest BCUT2D eigenvalue weighted by molar-refractivity contribution is 0.690. The number of anilines is 1. The Morgan fingerprint density at radius 3 is 2.67 bits per heavy atom. The summed E-state index contributed by atoms with van der Waals surface area (Å²) in [4.78, 5) is 0. The van der Waals surface area contributed by atoms with E-state index in [0.29, 0.717) is 12.0 Å². The minimum atomic E-state index is 0.584. The maximum Gasteiger partial charge on any atom is 0.0408 e. The molecule has 0 unspecified atom stereocenters. The Morgan fingerprint density at radius 1 is 1.25 bits per heavy atom. The highest BCUT2D eigenvalue weighted by molar-refractivity contribution is 5.63. The molecule has 2 rings (SSSR count). The summed E-state index contributed by atoms with van der Waals surface area (Å²) in [5, 5.41) is 3.52. The van der Waals surface area contributed by atoms with Crippen LogP contribution < -0.4 is 5.32 Å². The first kappa shape index (κ1) is 7.66. The Kier molecular flexibility index (Phi) is 1.60. The molecule has 0 aromatic heterocycles. The van der Waals surface area contributed by atoms with E-state index in [1.54, 1.807) is 0 Å². The van der Waals surface area contributed by atoms with Crippen LogP contribution in [0.25, 0.3) is 0 Å². The van der Waals surface area contributed by atoms with Gasteiger partial charge in [0.05, 0.1) is 0 Å². The van der Waals surface area contributed by atoms with Crippen molar-refractivity contribution in [3.63, 3.8) is 0 Å². The van der Waals surface area contributed by atoms with Crippen LogP contribution in [-0.2, 0) is 0 Å². The van der Waals surface area contributed by atoms with Crippen LogP contribution in [0.5, 0.6) is 0 Å². The first-order valence-electron chi connectivity index (χ1n) is 4.56. The van der Waals surface area contributed by atoms with Crippen LogP contribution >= 0.6 is 0 Å². The monoisotopic (exact) mass is 161 g/mol. The quantitative estimate of drug-likeness (QED) is 0.617. The fourth-order valence-corrected chi connectivity index (χ4v) is 1.89. The van der Waals surface area contributed by atoms with Crippen LogP contribution in [0.3, 0.4) is 0 Å². The van der Waals surface area contributed by atoms with E-state index in [1.807, 2.05) is 0 Å². The van der Waals surface area contributed by atoms with E-state index >= 15 is 0 Å². The minimum absolute atomic E-state index is 0.584. The second-order valence-corrected chi connectivity index (χ2v) is 3.76. The number of rotatable bonds is 0. The molecule has 0 radical (unpaired) electrons. The third-order valence-corrected chi connectivity index (χ3v) is 2.92. The molecule has 2 atom stereocenters. The molecule has 1 aromatic carbocycles. The summed E-state index contributed by atoms with van der Waals surface area (Å²) in [6.45, 7) is 6.68. The first-order valence-corrected chi connectivity index (χ1v) is 4.56. The molecule has 64 valence electrons. The Morgan fingerprint density at radius 2 is 2.00 bits per heavy atom. The van der Waals surface area contributed by atoms with Crippen LogP contribution in [0, 0.1) is 6.92 Å². The number of aryl methyl sites for hydroxylation is 1. The molecular weight excluding hydrogens is 146 g/mol. The van der Waals surface area contributed by atoms with Gasteiger partial charge in [0.2, 0.25) is 0 Å². The third kappa shape index (κ3) is 0.927. The smallest absolute Gasteiger partial charge is 0.0408 e. The van der Waals surface area contributed by atoms with Gasteiger partial charge < -0.3 is 5.32 Å². The maximum absolute atomic E-state index is 3.52. The van der Waals surface area contributed by atoms with Gasteiger partial charge in [-0.1, -0.05) is 25.1 Å². The lowest BCUT2D eigenvalue weighted by Gasteiger charge is -2.08. The molecule has 0 aliphatic carbocycles. The largest absolute Gasteiger partial charge is 0.382 e. The minimum Gasteiger partial charge on any atom is -0.382 e. The van der Waals surface area contributed by atoms with Crippen LogP contribution in [-0.4, -0.2) is 6.04 Å². The third-order valence-electron chi connectivity index (χ3n) is 2.92. The number of hydrogen-bond acceptors (Lipinski definition) is 1. The van der Waals surface area contributed by atoms with E-state index < -0.39 is 0 Å². The molecule has 12 heavy (non-hydrogen) atoms. The average Bonchev–Trinajstić information content (AvgIpc) is 2.32. The molecule has 0 spiro atoms. The van der Waals surface area contributed by atoms with Crippen molar-refractivity contribution in [3.05, 3.63) is 29.3 Å². The molecule has 1 aromatic rings. The van der Waals surface area contributed by atoms with Gasteiger partial charge in [-0.3, -0.25) is 0 Å². The molecule has 0 saturated carbocycles. The molecule has 0 bridgehead atoms. The molecule has 1 aliphatic heterocycles. The zero-order valence-corrected chi connectivity index (χ0v) is 7.89. The van der Waals surface area contributed by atoms with E-state index in [9.17, 15) is 0 Å². The molecule has 0 amide bonds. The number of fused-ring (bicyclic) bond motifs is 1. The van der Waals surface area contributed by atoms with E-state index in [4.69, 9.17) is 0 Å². The molecular formula is C11H15N. The van der Waals surface area contributed by atoms with Crippen molar-refractivity contribution in [2.75, 3.05) is 5.32 Å². The topological polar surface area (TPSA) is 12.0 Å². The SMILES string of the molecule is Cc1cccc2c1N[C@@H](C)[C@@H]2C. The molecule has 0 fully saturated rings. The summed E-state index contributed by atoms with van der Waals surface area (Å²) >= 11 is 0. The van der Waals surface area contributed by atoms with Gasteiger partial charge in [-0.05, 0) is 25.0 Å². The number of nitrogens with one attached hydrogen (secondary N) is 1. The van der Waals surface area contributed by atoms with Gasteiger partial charge in [-0.2, -0.15) is 0 Å². The van der Waals surface area contributed by atoms with Crippen LogP contribution in [0.4, 0.5) is 5.69 Å². The predicted molar refractivity (Wildman–Crippen MR) is 52.7 cm³/mol. The lowest BCUT2D eigenvalue weighted by Crippen LogP contribution is -2.12. The lowest BCUT2D eigenvalue weighted by atomic mass is 9.97. The van der Waals surface area contributed by atoms with Crippen molar-refractivity contribution in [2.45, 2.75) is 32.7 Å². The average molecular weight is 161 g/mol. The van der Waals surface area contributed by atoms with Crippen molar-refractivity contribution in [1.82, 2.24) is 0 Å². The van der Waals surface area contributed by atoms with Crippen LogP contribution in [0.1, 0.15) is 30.9 Å². The zero-order valence-electron chi connectivity index (χ0n) is 7.89. The van der Waals surface area contributed by atoms with Gasteiger partial charge in [0, 0.05) is 17.6 Å². The summed E-state index contributed by atoms with van der Waals surface area (Å²) in [5.41, 5.74) is 4.20. The van der Waals surface area contributed by atoms with Gasteiger partial charge in [-0.15, -0.1) is 0 Å². The van der Waals surface area contributed by atoms with Crippen molar-refractivity contribution in [1.29, 1.82) is 0 Å². The van der Waals surface area contributed by atoms with Gasteiger partial charge in [0.1, 0.15) is 0 Å². The van der Waals surface area contributed by atoms with Gasteiger partial charge >= 0.3 is 0 Å². The summed E-state index contributed by atoms with van der Waals surface area (Å²) in [5.74, 6) is 0.653. The number of para-hydroxylation sites is 1. The standard InChI is InChI=1S/C11H15N/c1-7-5-4-6-10-8(2)9(3)12-11(7)10/h4-6,8-9,12H,1-3H3/t8-,9-/m0/s1. The Balaban J connectivity index is 2.53. The van der Waals surface area contributed by atoms with Gasteiger partial charge in [0.25, 0.3) is 0 Å². The van der Waals surface area contributed by atoms with E-state index in [1.165, 1.54) is 16.8 Å². The molecule has 1 nitrogen and oxygen atoms in total. The van der Waals surface area contributed by atoms with Crippen LogP contribution in [0.15, 0.2) is 18.2 Å². The van der Waals surface area contributed by atoms with Crippen molar-refractivity contribution in [3.8, 4) is 0 Å². The molecule has 1 N–H and O–H groups in total. The van der Waals surface area contributed by atoms with E-state index in [0.717, 1.165) is 0 Å². The summed E-state index contributed by atoms with van der Waals surface area (Å²) in [6.07, 6.45) is 0. The Hall–Kier alpha value is -0.980. The molecule has 1 heterocycles. The van der Waals surface area contributed by atoms with Crippen molar-refractivity contribution in [2.24, 2.45) is 0 Å². The Labute approximate surface area is 73.8 Å². The van der Waals surface area contributed by atoms with Crippen molar-refractivity contribution < 1.29 is 0 Å². The van der Waals surface area contributed by atoms with E-state index in [2.05, 4.69) is 44.3 Å². The maximum atomic E-state index is 3.52. The second-order valence-electron chi connectivity index (χ2n) is 3.76.